The van der Waals surface area contributed by atoms with Crippen LogP contribution in [0.5, 0.6) is 0 Å². The van der Waals surface area contributed by atoms with Crippen LogP contribution < -0.4 is 4.57 Å². The summed E-state index contributed by atoms with van der Waals surface area (Å²) in [5.74, 6) is 0. The summed E-state index contributed by atoms with van der Waals surface area (Å²) in [7, 11) is 0. The predicted octanol–water partition coefficient (Wildman–Crippen LogP) is 2.02. The smallest absolute Gasteiger partial charge is 0.142 e. The summed E-state index contributed by atoms with van der Waals surface area (Å²) in [6.07, 6.45) is 2.43. The molecule has 1 aromatic rings. The number of nitrogens with zero attached hydrogens (tertiary/aromatic N) is 1. The molecule has 0 aliphatic rings. The molecule has 0 bridgehead atoms. The van der Waals surface area contributed by atoms with Crippen LogP contribution in [-0.2, 0) is 0 Å². The zero-order valence-corrected chi connectivity index (χ0v) is 5.72. The Kier molecular flexibility index (Phi) is 2.17. The maximum Gasteiger partial charge on any atom is 0.451 e. The third-order valence-electron chi connectivity index (χ3n) is 1.01. The molecule has 0 spiro atoms. The fourth-order valence-corrected chi connectivity index (χ4v) is 0.770. The third kappa shape index (κ3) is 1.64. The molecule has 0 aliphatic heterocycles. The van der Waals surface area contributed by atoms with Crippen LogP contribution in [0.1, 0.15) is 6.55 Å². The average molecular weight is 165 g/mol. The standard InChI is InChI=1S/C6H5ClF2N/c7-5-2-1-3-10(4-5)6(8)9/h1-4,6H/q+1. The van der Waals surface area contributed by atoms with Crippen molar-refractivity contribution in [2.75, 3.05) is 0 Å². The summed E-state index contributed by atoms with van der Waals surface area (Å²) in [5.41, 5.74) is 0. The number of rotatable bonds is 1. The number of aromatic nitrogens is 1. The number of alkyl halides is 2. The summed E-state index contributed by atoms with van der Waals surface area (Å²) < 4.78 is 24.4. The van der Waals surface area contributed by atoms with Crippen LogP contribution in [0.15, 0.2) is 24.5 Å². The Labute approximate surface area is 61.9 Å². The summed E-state index contributed by atoms with van der Waals surface area (Å²) in [6.45, 7) is -2.52. The van der Waals surface area contributed by atoms with Gasteiger partial charge in [0.25, 0.3) is 0 Å². The minimum atomic E-state index is -2.52. The molecule has 1 rings (SSSR count). The van der Waals surface area contributed by atoms with Crippen molar-refractivity contribution in [1.82, 2.24) is 0 Å². The number of hydrogen-bond donors (Lipinski definition) is 0. The van der Waals surface area contributed by atoms with Gasteiger partial charge >= 0.3 is 6.55 Å². The highest BCUT2D eigenvalue weighted by Gasteiger charge is 2.12. The quantitative estimate of drug-likeness (QED) is 0.559. The van der Waals surface area contributed by atoms with Gasteiger partial charge in [0, 0.05) is 6.07 Å². The van der Waals surface area contributed by atoms with Crippen LogP contribution in [-0.4, -0.2) is 0 Å². The summed E-state index contributed by atoms with van der Waals surface area (Å²) in [6, 6.07) is 3.01. The van der Waals surface area contributed by atoms with Crippen molar-refractivity contribution in [1.29, 1.82) is 0 Å². The first-order valence-corrected chi connectivity index (χ1v) is 3.02. The Balaban J connectivity index is 2.96. The molecule has 10 heavy (non-hydrogen) atoms. The molecular formula is C6H5ClF2N+. The van der Waals surface area contributed by atoms with Crippen molar-refractivity contribution in [3.63, 3.8) is 0 Å². The van der Waals surface area contributed by atoms with E-state index < -0.39 is 6.55 Å². The van der Waals surface area contributed by atoms with Gasteiger partial charge in [-0.05, 0) is 6.07 Å². The molecule has 1 heterocycles. The van der Waals surface area contributed by atoms with Crippen molar-refractivity contribution < 1.29 is 13.3 Å². The van der Waals surface area contributed by atoms with Crippen LogP contribution in [0.25, 0.3) is 0 Å². The third-order valence-corrected chi connectivity index (χ3v) is 1.23. The summed E-state index contributed by atoms with van der Waals surface area (Å²) in [5, 5.41) is 0.308. The highest BCUT2D eigenvalue weighted by atomic mass is 35.5. The SMILES string of the molecule is FC(F)[n+]1cccc(Cl)c1. The Morgan fingerprint density at radius 3 is 2.60 bits per heavy atom. The molecule has 0 aromatic carbocycles. The predicted molar refractivity (Wildman–Crippen MR) is 32.9 cm³/mol. The Hall–Kier alpha value is -0.700. The monoisotopic (exact) mass is 164 g/mol. The van der Waals surface area contributed by atoms with Crippen molar-refractivity contribution >= 4 is 11.6 Å². The van der Waals surface area contributed by atoms with E-state index in [1.807, 2.05) is 0 Å². The molecule has 0 radical (unpaired) electrons. The van der Waals surface area contributed by atoms with Crippen molar-refractivity contribution in [2.24, 2.45) is 0 Å². The van der Waals surface area contributed by atoms with Crippen LogP contribution >= 0.6 is 11.6 Å². The summed E-state index contributed by atoms with van der Waals surface area (Å²) in [4.78, 5) is 0. The van der Waals surface area contributed by atoms with E-state index >= 15 is 0 Å². The zero-order chi connectivity index (χ0) is 7.56. The van der Waals surface area contributed by atoms with Crippen LogP contribution in [0.4, 0.5) is 8.78 Å². The molecule has 54 valence electrons. The van der Waals surface area contributed by atoms with E-state index in [0.29, 0.717) is 5.02 Å². The van der Waals surface area contributed by atoms with Gasteiger partial charge in [0.15, 0.2) is 12.4 Å². The first-order valence-electron chi connectivity index (χ1n) is 2.64. The lowest BCUT2D eigenvalue weighted by atomic mass is 10.5. The van der Waals surface area contributed by atoms with E-state index in [1.165, 1.54) is 18.5 Å². The lowest BCUT2D eigenvalue weighted by Crippen LogP contribution is -2.33. The van der Waals surface area contributed by atoms with Gasteiger partial charge in [-0.3, -0.25) is 0 Å². The van der Waals surface area contributed by atoms with Gasteiger partial charge in [-0.1, -0.05) is 11.6 Å². The first-order chi connectivity index (χ1) is 4.70. The normalized spacial score (nSPS) is 10.4. The molecule has 0 atom stereocenters. The Morgan fingerprint density at radius 2 is 2.20 bits per heavy atom. The van der Waals surface area contributed by atoms with E-state index in [0.717, 1.165) is 4.57 Å². The molecule has 0 unspecified atom stereocenters. The molecule has 0 saturated carbocycles. The van der Waals surface area contributed by atoms with E-state index in [1.54, 1.807) is 6.07 Å². The second-order valence-corrected chi connectivity index (χ2v) is 2.18. The highest BCUT2D eigenvalue weighted by Crippen LogP contribution is 2.05. The Morgan fingerprint density at radius 1 is 1.50 bits per heavy atom. The van der Waals surface area contributed by atoms with Gasteiger partial charge in [0.2, 0.25) is 0 Å². The lowest BCUT2D eigenvalue weighted by molar-refractivity contribution is -0.773. The molecular weight excluding hydrogens is 160 g/mol. The first kappa shape index (κ1) is 7.41. The average Bonchev–Trinajstić information content (AvgIpc) is 1.88. The number of halogens is 3. The molecule has 0 amide bonds. The second-order valence-electron chi connectivity index (χ2n) is 1.75. The molecule has 4 heteroatoms. The maximum absolute atomic E-state index is 11.9. The topological polar surface area (TPSA) is 3.88 Å². The molecule has 0 N–H and O–H groups in total. The second kappa shape index (κ2) is 2.92. The molecule has 0 saturated heterocycles. The molecule has 1 aromatic heterocycles. The van der Waals surface area contributed by atoms with E-state index in [9.17, 15) is 8.78 Å². The molecule has 0 aliphatic carbocycles. The van der Waals surface area contributed by atoms with Gasteiger partial charge in [-0.25, -0.2) is 0 Å². The van der Waals surface area contributed by atoms with Crippen LogP contribution in [0.2, 0.25) is 5.02 Å². The summed E-state index contributed by atoms with van der Waals surface area (Å²) >= 11 is 5.43. The van der Waals surface area contributed by atoms with Gasteiger partial charge < -0.3 is 0 Å². The minimum Gasteiger partial charge on any atom is -0.142 e. The van der Waals surface area contributed by atoms with E-state index in [2.05, 4.69) is 0 Å². The zero-order valence-electron chi connectivity index (χ0n) is 4.97. The molecule has 0 fully saturated rings. The van der Waals surface area contributed by atoms with Crippen LogP contribution in [0, 0.1) is 0 Å². The number of pyridine rings is 1. The lowest BCUT2D eigenvalue weighted by Gasteiger charge is -1.91. The maximum atomic E-state index is 11.9. The largest absolute Gasteiger partial charge is 0.451 e. The van der Waals surface area contributed by atoms with Gasteiger partial charge in [0.1, 0.15) is 5.02 Å². The fourth-order valence-electron chi connectivity index (χ4n) is 0.584. The Bertz CT molecular complexity index is 227. The minimum absolute atomic E-state index is 0.308. The number of hydrogen-bond acceptors (Lipinski definition) is 0. The fraction of sp³-hybridized carbons (Fsp3) is 0.167. The van der Waals surface area contributed by atoms with Gasteiger partial charge in [-0.2, -0.15) is 0 Å². The van der Waals surface area contributed by atoms with E-state index in [-0.39, 0.29) is 0 Å². The van der Waals surface area contributed by atoms with Crippen molar-refractivity contribution in [3.8, 4) is 0 Å². The van der Waals surface area contributed by atoms with Crippen LogP contribution in [0.3, 0.4) is 0 Å². The van der Waals surface area contributed by atoms with Gasteiger partial charge in [0.05, 0.1) is 0 Å². The van der Waals surface area contributed by atoms with Crippen molar-refractivity contribution in [2.45, 2.75) is 6.55 Å². The molecule has 1 nitrogen and oxygen atoms in total. The van der Waals surface area contributed by atoms with Gasteiger partial charge in [-0.15, -0.1) is 13.3 Å². The van der Waals surface area contributed by atoms with Crippen molar-refractivity contribution in [3.05, 3.63) is 29.5 Å². The highest BCUT2D eigenvalue weighted by molar-refractivity contribution is 6.30. The van der Waals surface area contributed by atoms with E-state index in [4.69, 9.17) is 11.6 Å².